The van der Waals surface area contributed by atoms with Gasteiger partial charge in [-0.25, -0.2) is 4.98 Å². The van der Waals surface area contributed by atoms with Crippen molar-refractivity contribution in [2.75, 3.05) is 26.2 Å². The predicted octanol–water partition coefficient (Wildman–Crippen LogP) is 2.51. The molecule has 0 aliphatic carbocycles. The molecule has 1 aromatic heterocycles. The van der Waals surface area contributed by atoms with Crippen molar-refractivity contribution in [2.24, 2.45) is 0 Å². The molecule has 2 heterocycles. The minimum absolute atomic E-state index is 0.0482. The van der Waals surface area contributed by atoms with E-state index < -0.39 is 0 Å². The second-order valence-corrected chi connectivity index (χ2v) is 6.22. The van der Waals surface area contributed by atoms with Crippen molar-refractivity contribution in [3.05, 3.63) is 24.0 Å². The summed E-state index contributed by atoms with van der Waals surface area (Å²) >= 11 is 0. The summed E-state index contributed by atoms with van der Waals surface area (Å²) in [7, 11) is 0. The lowest BCUT2D eigenvalue weighted by molar-refractivity contribution is 0.0672. The Morgan fingerprint density at radius 3 is 2.59 bits per heavy atom. The van der Waals surface area contributed by atoms with Crippen LogP contribution in [0, 0.1) is 0 Å². The number of likely N-dealkylation sites (tertiary alicyclic amines) is 1. The van der Waals surface area contributed by atoms with E-state index >= 15 is 0 Å². The van der Waals surface area contributed by atoms with E-state index in [9.17, 15) is 9.90 Å². The first-order chi connectivity index (χ1) is 10.6. The summed E-state index contributed by atoms with van der Waals surface area (Å²) in [5, 5.41) is 9.85. The lowest BCUT2D eigenvalue weighted by Crippen LogP contribution is -2.43. The average molecular weight is 305 g/mol. The highest BCUT2D eigenvalue weighted by Gasteiger charge is 2.23. The van der Waals surface area contributed by atoms with Crippen LogP contribution < -0.4 is 0 Å². The zero-order chi connectivity index (χ0) is 15.9. The van der Waals surface area contributed by atoms with Gasteiger partial charge in [0.2, 0.25) is 0 Å². The Hall–Kier alpha value is -1.62. The van der Waals surface area contributed by atoms with E-state index in [4.69, 9.17) is 0 Å². The molecule has 1 fully saturated rings. The Morgan fingerprint density at radius 1 is 1.32 bits per heavy atom. The van der Waals surface area contributed by atoms with Gasteiger partial charge in [-0.05, 0) is 51.9 Å². The Bertz CT molecular complexity index is 483. The Labute approximate surface area is 132 Å². The Balaban J connectivity index is 2.00. The summed E-state index contributed by atoms with van der Waals surface area (Å²) in [6, 6.07) is 3.22. The van der Waals surface area contributed by atoms with E-state index in [1.54, 1.807) is 17.2 Å². The molecular formula is C17H27N3O2. The number of rotatable bonds is 5. The molecule has 2 rings (SSSR count). The molecule has 0 aromatic carbocycles. The molecule has 0 atom stereocenters. The molecule has 0 radical (unpaired) electrons. The molecule has 0 bridgehead atoms. The van der Waals surface area contributed by atoms with Crippen molar-refractivity contribution in [3.63, 3.8) is 0 Å². The number of carbonyl (C=O) groups excluding carboxylic acids is 1. The van der Waals surface area contributed by atoms with Gasteiger partial charge in [-0.3, -0.25) is 4.79 Å². The van der Waals surface area contributed by atoms with Gasteiger partial charge >= 0.3 is 0 Å². The highest BCUT2D eigenvalue weighted by Crippen LogP contribution is 2.17. The molecular weight excluding hydrogens is 278 g/mol. The molecule has 1 aliphatic heterocycles. The molecule has 1 aromatic rings. The topological polar surface area (TPSA) is 56.7 Å². The molecule has 22 heavy (non-hydrogen) atoms. The van der Waals surface area contributed by atoms with E-state index in [1.165, 1.54) is 31.7 Å². The third kappa shape index (κ3) is 4.44. The van der Waals surface area contributed by atoms with Gasteiger partial charge < -0.3 is 14.9 Å². The number of pyridine rings is 1. The van der Waals surface area contributed by atoms with Gasteiger partial charge in [0.25, 0.3) is 5.91 Å². The van der Waals surface area contributed by atoms with E-state index in [2.05, 4.69) is 9.88 Å². The number of aromatic nitrogens is 1. The first-order valence-electron chi connectivity index (χ1n) is 8.27. The molecule has 0 unspecified atom stereocenters. The van der Waals surface area contributed by atoms with Gasteiger partial charge in [-0.1, -0.05) is 12.8 Å². The van der Waals surface area contributed by atoms with Gasteiger partial charge in [-0.2, -0.15) is 0 Å². The Morgan fingerprint density at radius 2 is 2.00 bits per heavy atom. The van der Waals surface area contributed by atoms with Crippen LogP contribution in [-0.4, -0.2) is 58.0 Å². The maximum atomic E-state index is 12.6. The van der Waals surface area contributed by atoms with Gasteiger partial charge in [0.05, 0.1) is 0 Å². The van der Waals surface area contributed by atoms with E-state index in [0.29, 0.717) is 6.54 Å². The number of carbonyl (C=O) groups is 1. The molecule has 1 aliphatic rings. The van der Waals surface area contributed by atoms with Crippen LogP contribution in [0.25, 0.3) is 0 Å². The molecule has 122 valence electrons. The fourth-order valence-electron chi connectivity index (χ4n) is 2.90. The fourth-order valence-corrected chi connectivity index (χ4v) is 2.90. The number of hydrogen-bond acceptors (Lipinski definition) is 4. The quantitative estimate of drug-likeness (QED) is 0.908. The van der Waals surface area contributed by atoms with Crippen molar-refractivity contribution in [3.8, 4) is 5.75 Å². The van der Waals surface area contributed by atoms with Crippen molar-refractivity contribution >= 4 is 5.91 Å². The average Bonchev–Trinajstić information content (AvgIpc) is 2.76. The van der Waals surface area contributed by atoms with Crippen LogP contribution in [-0.2, 0) is 0 Å². The van der Waals surface area contributed by atoms with Gasteiger partial charge in [0.15, 0.2) is 5.69 Å². The molecule has 5 heteroatoms. The van der Waals surface area contributed by atoms with E-state index in [0.717, 1.165) is 19.6 Å². The van der Waals surface area contributed by atoms with Crippen molar-refractivity contribution in [1.29, 1.82) is 0 Å². The largest absolute Gasteiger partial charge is 0.505 e. The molecule has 5 nitrogen and oxygen atoms in total. The van der Waals surface area contributed by atoms with Crippen molar-refractivity contribution in [2.45, 2.75) is 45.6 Å². The van der Waals surface area contributed by atoms with Gasteiger partial charge in [0, 0.05) is 25.3 Å². The summed E-state index contributed by atoms with van der Waals surface area (Å²) < 4.78 is 0. The summed E-state index contributed by atoms with van der Waals surface area (Å²) in [6.07, 6.45) is 6.66. The second-order valence-electron chi connectivity index (χ2n) is 6.22. The minimum atomic E-state index is -0.192. The van der Waals surface area contributed by atoms with Crippen molar-refractivity contribution < 1.29 is 9.90 Å². The highest BCUT2D eigenvalue weighted by atomic mass is 16.3. The first kappa shape index (κ1) is 16.7. The lowest BCUT2D eigenvalue weighted by Gasteiger charge is -2.29. The van der Waals surface area contributed by atoms with Crippen molar-refractivity contribution in [1.82, 2.24) is 14.8 Å². The molecule has 0 saturated carbocycles. The summed E-state index contributed by atoms with van der Waals surface area (Å²) in [5.74, 6) is -0.240. The lowest BCUT2D eigenvalue weighted by atomic mass is 10.2. The molecule has 1 amide bonds. The smallest absolute Gasteiger partial charge is 0.276 e. The maximum Gasteiger partial charge on any atom is 0.276 e. The van der Waals surface area contributed by atoms with Crippen LogP contribution in [0.5, 0.6) is 5.75 Å². The molecule has 1 saturated heterocycles. The Kier molecular flexibility index (Phi) is 6.19. The number of nitrogens with zero attached hydrogens (tertiary/aromatic N) is 3. The predicted molar refractivity (Wildman–Crippen MR) is 87.0 cm³/mol. The van der Waals surface area contributed by atoms with Crippen LogP contribution >= 0.6 is 0 Å². The summed E-state index contributed by atoms with van der Waals surface area (Å²) in [5.41, 5.74) is 0.145. The molecule has 1 N–H and O–H groups in total. The van der Waals surface area contributed by atoms with Crippen LogP contribution in [0.1, 0.15) is 50.0 Å². The monoisotopic (exact) mass is 305 g/mol. The zero-order valence-electron chi connectivity index (χ0n) is 13.7. The molecule has 0 spiro atoms. The summed E-state index contributed by atoms with van der Waals surface area (Å²) in [6.45, 7) is 7.80. The number of hydrogen-bond donors (Lipinski definition) is 1. The number of aromatic hydroxyl groups is 1. The SMILES string of the molecule is CC(C)N(CCN1CCCCCC1)C(=O)c1ncccc1O. The van der Waals surface area contributed by atoms with Gasteiger partial charge in [0.1, 0.15) is 5.75 Å². The normalized spacial score (nSPS) is 16.5. The van der Waals surface area contributed by atoms with E-state index in [1.807, 2.05) is 13.8 Å². The van der Waals surface area contributed by atoms with Crippen LogP contribution in [0.15, 0.2) is 18.3 Å². The van der Waals surface area contributed by atoms with Crippen LogP contribution in [0.4, 0.5) is 0 Å². The first-order valence-corrected chi connectivity index (χ1v) is 8.27. The summed E-state index contributed by atoms with van der Waals surface area (Å²) in [4.78, 5) is 20.9. The highest BCUT2D eigenvalue weighted by molar-refractivity contribution is 5.94. The van der Waals surface area contributed by atoms with Gasteiger partial charge in [-0.15, -0.1) is 0 Å². The standard InChI is InChI=1S/C17H27N3O2/c1-14(2)20(13-12-19-10-5-3-4-6-11-19)17(22)16-15(21)8-7-9-18-16/h7-9,14,21H,3-6,10-13H2,1-2H3. The third-order valence-corrected chi connectivity index (χ3v) is 4.23. The zero-order valence-corrected chi connectivity index (χ0v) is 13.7. The fraction of sp³-hybridized carbons (Fsp3) is 0.647. The van der Waals surface area contributed by atoms with Crippen LogP contribution in [0.3, 0.4) is 0 Å². The third-order valence-electron chi connectivity index (χ3n) is 4.23. The second kappa shape index (κ2) is 8.13. The maximum absolute atomic E-state index is 12.6. The van der Waals surface area contributed by atoms with Crippen LogP contribution in [0.2, 0.25) is 0 Å². The van der Waals surface area contributed by atoms with E-state index in [-0.39, 0.29) is 23.4 Å². The minimum Gasteiger partial charge on any atom is -0.505 e. The number of amides is 1.